The molecule has 142 valence electrons. The van der Waals surface area contributed by atoms with Crippen LogP contribution in [0.25, 0.3) is 21.9 Å². The summed E-state index contributed by atoms with van der Waals surface area (Å²) in [6.45, 7) is 3.57. The van der Waals surface area contributed by atoms with Gasteiger partial charge in [0.2, 0.25) is 0 Å². The third kappa shape index (κ3) is 2.65. The highest BCUT2D eigenvalue weighted by Gasteiger charge is 2.33. The maximum atomic E-state index is 12.7. The standard InChI is InChI=1S/C22H18O6/c1-11(2)16(17-19(23)12-7-3-5-9-14(12)27-21(17)25)18-20(24)13-8-4-6-10-15(13)28-22(18)26/h3-11,16,23-24H,1-2H3. The Balaban J connectivity index is 2.08. The van der Waals surface area contributed by atoms with Gasteiger partial charge in [-0.1, -0.05) is 38.1 Å². The van der Waals surface area contributed by atoms with E-state index in [9.17, 15) is 19.8 Å². The maximum absolute atomic E-state index is 12.7. The largest absolute Gasteiger partial charge is 0.507 e. The molecular formula is C22H18O6. The van der Waals surface area contributed by atoms with E-state index in [1.807, 2.05) is 0 Å². The second-order valence-electron chi connectivity index (χ2n) is 7.02. The molecule has 2 aromatic heterocycles. The summed E-state index contributed by atoms with van der Waals surface area (Å²) < 4.78 is 10.7. The van der Waals surface area contributed by atoms with Crippen LogP contribution in [0.5, 0.6) is 11.5 Å². The van der Waals surface area contributed by atoms with Crippen molar-refractivity contribution in [3.05, 3.63) is 80.5 Å². The summed E-state index contributed by atoms with van der Waals surface area (Å²) in [5, 5.41) is 22.4. The summed E-state index contributed by atoms with van der Waals surface area (Å²) in [4.78, 5) is 25.4. The Bertz CT molecular complexity index is 1210. The molecule has 4 rings (SSSR count). The van der Waals surface area contributed by atoms with Gasteiger partial charge >= 0.3 is 11.3 Å². The molecule has 2 aromatic carbocycles. The van der Waals surface area contributed by atoms with Crippen molar-refractivity contribution in [1.29, 1.82) is 0 Å². The van der Waals surface area contributed by atoms with Crippen LogP contribution in [0.2, 0.25) is 0 Å². The highest BCUT2D eigenvalue weighted by Crippen LogP contribution is 2.41. The van der Waals surface area contributed by atoms with Gasteiger partial charge in [-0.15, -0.1) is 0 Å². The average molecular weight is 378 g/mol. The van der Waals surface area contributed by atoms with Crippen molar-refractivity contribution in [2.75, 3.05) is 0 Å². The lowest BCUT2D eigenvalue weighted by atomic mass is 9.82. The Labute approximate surface area is 159 Å². The van der Waals surface area contributed by atoms with E-state index < -0.39 is 17.2 Å². The van der Waals surface area contributed by atoms with E-state index in [1.54, 1.807) is 62.4 Å². The molecule has 4 aromatic rings. The van der Waals surface area contributed by atoms with Crippen molar-refractivity contribution < 1.29 is 19.0 Å². The zero-order chi connectivity index (χ0) is 20.0. The van der Waals surface area contributed by atoms with E-state index in [1.165, 1.54) is 0 Å². The highest BCUT2D eigenvalue weighted by atomic mass is 16.4. The molecule has 6 heteroatoms. The lowest BCUT2D eigenvalue weighted by Crippen LogP contribution is -2.23. The van der Waals surface area contributed by atoms with E-state index in [2.05, 4.69) is 0 Å². The average Bonchev–Trinajstić information content (AvgIpc) is 2.66. The Kier molecular flexibility index (Phi) is 4.19. The zero-order valence-electron chi connectivity index (χ0n) is 15.3. The second-order valence-corrected chi connectivity index (χ2v) is 7.02. The van der Waals surface area contributed by atoms with Crippen LogP contribution in [0.15, 0.2) is 67.0 Å². The van der Waals surface area contributed by atoms with Crippen molar-refractivity contribution in [1.82, 2.24) is 0 Å². The lowest BCUT2D eigenvalue weighted by Gasteiger charge is -2.22. The van der Waals surface area contributed by atoms with Crippen molar-refractivity contribution in [2.24, 2.45) is 5.92 Å². The van der Waals surface area contributed by atoms with Gasteiger partial charge in [0.1, 0.15) is 22.7 Å². The van der Waals surface area contributed by atoms with Crippen LogP contribution < -0.4 is 11.3 Å². The van der Waals surface area contributed by atoms with Crippen LogP contribution in [0.4, 0.5) is 0 Å². The van der Waals surface area contributed by atoms with Gasteiger partial charge in [0.15, 0.2) is 0 Å². The molecule has 0 fully saturated rings. The smallest absolute Gasteiger partial charge is 0.343 e. The minimum atomic E-state index is -0.915. The molecule has 2 N–H and O–H groups in total. The van der Waals surface area contributed by atoms with Gasteiger partial charge in [-0.25, -0.2) is 9.59 Å². The first-order valence-electron chi connectivity index (χ1n) is 8.89. The van der Waals surface area contributed by atoms with Crippen LogP contribution >= 0.6 is 0 Å². The maximum Gasteiger partial charge on any atom is 0.343 e. The predicted octanol–water partition coefficient (Wildman–Crippen LogP) is 4.10. The Hall–Kier alpha value is -3.54. The van der Waals surface area contributed by atoms with E-state index in [0.29, 0.717) is 10.8 Å². The normalized spacial score (nSPS) is 11.7. The van der Waals surface area contributed by atoms with E-state index in [4.69, 9.17) is 8.83 Å². The molecule has 0 saturated carbocycles. The van der Waals surface area contributed by atoms with Crippen LogP contribution in [0.3, 0.4) is 0 Å². The molecule has 0 aliphatic carbocycles. The van der Waals surface area contributed by atoms with Gasteiger partial charge in [-0.05, 0) is 30.2 Å². The molecule has 0 spiro atoms. The number of hydrogen-bond donors (Lipinski definition) is 2. The SMILES string of the molecule is CC(C)C(c1c(O)c2ccccc2oc1=O)c1c(O)c2ccccc2oc1=O. The molecule has 0 unspecified atom stereocenters. The summed E-state index contributed by atoms with van der Waals surface area (Å²) in [6, 6.07) is 13.2. The number of fused-ring (bicyclic) bond motifs is 2. The fourth-order valence-corrected chi connectivity index (χ4v) is 3.66. The van der Waals surface area contributed by atoms with Gasteiger partial charge in [-0.2, -0.15) is 0 Å². The monoisotopic (exact) mass is 378 g/mol. The van der Waals surface area contributed by atoms with Crippen molar-refractivity contribution in [2.45, 2.75) is 19.8 Å². The van der Waals surface area contributed by atoms with Gasteiger partial charge in [0.05, 0.1) is 21.9 Å². The van der Waals surface area contributed by atoms with Gasteiger partial charge < -0.3 is 19.0 Å². The summed E-state index contributed by atoms with van der Waals surface area (Å²) in [6.07, 6.45) is 0. The van der Waals surface area contributed by atoms with Crippen LogP contribution in [0.1, 0.15) is 30.9 Å². The first-order valence-corrected chi connectivity index (χ1v) is 8.89. The predicted molar refractivity (Wildman–Crippen MR) is 105 cm³/mol. The third-order valence-corrected chi connectivity index (χ3v) is 4.93. The molecule has 0 aliphatic rings. The fourth-order valence-electron chi connectivity index (χ4n) is 3.66. The molecule has 0 aliphatic heterocycles. The number of hydrogen-bond acceptors (Lipinski definition) is 6. The van der Waals surface area contributed by atoms with Gasteiger partial charge in [-0.3, -0.25) is 0 Å². The topological polar surface area (TPSA) is 101 Å². The molecule has 2 heterocycles. The van der Waals surface area contributed by atoms with E-state index >= 15 is 0 Å². The summed E-state index contributed by atoms with van der Waals surface area (Å²) in [5.74, 6) is -1.76. The summed E-state index contributed by atoms with van der Waals surface area (Å²) >= 11 is 0. The summed E-state index contributed by atoms with van der Waals surface area (Å²) in [7, 11) is 0. The Morgan fingerprint density at radius 3 is 1.50 bits per heavy atom. The van der Waals surface area contributed by atoms with E-state index in [0.717, 1.165) is 0 Å². The molecule has 0 amide bonds. The number of rotatable bonds is 3. The van der Waals surface area contributed by atoms with Crippen LogP contribution in [-0.4, -0.2) is 10.2 Å². The lowest BCUT2D eigenvalue weighted by molar-refractivity contribution is 0.411. The van der Waals surface area contributed by atoms with Crippen LogP contribution in [-0.2, 0) is 0 Å². The molecule has 6 nitrogen and oxygen atoms in total. The Morgan fingerprint density at radius 1 is 0.714 bits per heavy atom. The van der Waals surface area contributed by atoms with Gasteiger partial charge in [0.25, 0.3) is 0 Å². The van der Waals surface area contributed by atoms with E-state index in [-0.39, 0.29) is 39.7 Å². The minimum Gasteiger partial charge on any atom is -0.507 e. The molecule has 0 bridgehead atoms. The molecular weight excluding hydrogens is 360 g/mol. The zero-order valence-corrected chi connectivity index (χ0v) is 15.3. The number of para-hydroxylation sites is 2. The third-order valence-electron chi connectivity index (χ3n) is 4.93. The quantitative estimate of drug-likeness (QED) is 0.521. The first-order chi connectivity index (χ1) is 13.4. The molecule has 0 radical (unpaired) electrons. The highest BCUT2D eigenvalue weighted by molar-refractivity contribution is 5.86. The summed E-state index contributed by atoms with van der Waals surface area (Å²) in [5.41, 5.74) is -1.20. The number of aromatic hydroxyl groups is 2. The van der Waals surface area contributed by atoms with Crippen molar-refractivity contribution in [3.63, 3.8) is 0 Å². The van der Waals surface area contributed by atoms with Crippen molar-refractivity contribution in [3.8, 4) is 11.5 Å². The first kappa shape index (κ1) is 17.9. The number of benzene rings is 2. The van der Waals surface area contributed by atoms with Crippen molar-refractivity contribution >= 4 is 21.9 Å². The minimum absolute atomic E-state index is 0.0772. The fraction of sp³-hybridized carbons (Fsp3) is 0.182. The van der Waals surface area contributed by atoms with Gasteiger partial charge in [0, 0.05) is 5.92 Å². The Morgan fingerprint density at radius 2 is 1.11 bits per heavy atom. The molecule has 0 saturated heterocycles. The second kappa shape index (κ2) is 6.56. The molecule has 28 heavy (non-hydrogen) atoms. The van der Waals surface area contributed by atoms with Crippen LogP contribution in [0, 0.1) is 5.92 Å². The molecule has 0 atom stereocenters.